The first-order valence-corrected chi connectivity index (χ1v) is 6.63. The number of ether oxygens (including phenoxy) is 1. The van der Waals surface area contributed by atoms with E-state index in [1.807, 2.05) is 24.3 Å². The topological polar surface area (TPSA) is 92.3 Å². The van der Waals surface area contributed by atoms with Crippen LogP contribution in [0.25, 0.3) is 0 Å². The van der Waals surface area contributed by atoms with Crippen LogP contribution < -0.4 is 10.3 Å². The van der Waals surface area contributed by atoms with E-state index >= 15 is 0 Å². The molecule has 21 heavy (non-hydrogen) atoms. The Hall–Kier alpha value is -2.63. The average Bonchev–Trinajstić information content (AvgIpc) is 2.47. The third-order valence-corrected chi connectivity index (χ3v) is 2.92. The van der Waals surface area contributed by atoms with Gasteiger partial charge in [0.1, 0.15) is 11.6 Å². The second-order valence-corrected chi connectivity index (χ2v) is 4.48. The number of nitrogens with zero attached hydrogens (tertiary/aromatic N) is 1. The van der Waals surface area contributed by atoms with E-state index in [1.54, 1.807) is 0 Å². The third-order valence-electron chi connectivity index (χ3n) is 2.92. The maximum Gasteiger partial charge on any atom is 0.354 e. The van der Waals surface area contributed by atoms with Gasteiger partial charge >= 0.3 is 5.97 Å². The molecular weight excluding hydrogens is 272 g/mol. The van der Waals surface area contributed by atoms with Gasteiger partial charge < -0.3 is 14.8 Å². The van der Waals surface area contributed by atoms with Gasteiger partial charge in [0.15, 0.2) is 5.69 Å². The number of hydrogen-bond donors (Lipinski definition) is 2. The van der Waals surface area contributed by atoms with Gasteiger partial charge in [-0.05, 0) is 24.1 Å². The molecule has 0 aliphatic carbocycles. The van der Waals surface area contributed by atoms with Crippen LogP contribution in [0.5, 0.6) is 5.75 Å². The van der Waals surface area contributed by atoms with Crippen molar-refractivity contribution in [3.05, 3.63) is 57.8 Å². The number of benzene rings is 1. The molecule has 0 atom stereocenters. The Bertz CT molecular complexity index is 694. The number of carbonyl (C=O) groups is 1. The van der Waals surface area contributed by atoms with Crippen LogP contribution in [0.4, 0.5) is 0 Å². The molecule has 1 heterocycles. The first-order valence-electron chi connectivity index (χ1n) is 6.63. The molecule has 0 amide bonds. The maximum atomic E-state index is 11.3. The first kappa shape index (κ1) is 14.8. The van der Waals surface area contributed by atoms with Gasteiger partial charge in [-0.1, -0.05) is 19.1 Å². The molecule has 0 fully saturated rings. The average molecular weight is 288 g/mol. The molecule has 0 bridgehead atoms. The summed E-state index contributed by atoms with van der Waals surface area (Å²) in [5.74, 6) is -0.184. The predicted molar refractivity (Wildman–Crippen MR) is 76.8 cm³/mol. The highest BCUT2D eigenvalue weighted by molar-refractivity contribution is 5.85. The number of aromatic amines is 1. The largest absolute Gasteiger partial charge is 0.493 e. The van der Waals surface area contributed by atoms with Gasteiger partial charge in [0, 0.05) is 12.5 Å². The minimum atomic E-state index is -1.22. The molecule has 0 spiro atoms. The number of rotatable bonds is 6. The van der Waals surface area contributed by atoms with Crippen molar-refractivity contribution in [2.45, 2.75) is 19.8 Å². The zero-order valence-corrected chi connectivity index (χ0v) is 11.6. The number of carboxylic acid groups (broad SMARTS) is 1. The lowest BCUT2D eigenvalue weighted by Crippen LogP contribution is -2.17. The zero-order chi connectivity index (χ0) is 15.2. The van der Waals surface area contributed by atoms with Gasteiger partial charge in [0.2, 0.25) is 0 Å². The molecule has 2 aromatic rings. The Morgan fingerprint density at radius 2 is 2.19 bits per heavy atom. The molecule has 2 N–H and O–H groups in total. The van der Waals surface area contributed by atoms with E-state index in [2.05, 4.69) is 16.9 Å². The number of aromatic nitrogens is 2. The summed E-state index contributed by atoms with van der Waals surface area (Å²) in [6.45, 7) is 2.37. The summed E-state index contributed by atoms with van der Waals surface area (Å²) in [4.78, 5) is 28.5. The Labute approximate surface area is 121 Å². The number of carboxylic acids is 1. The SMILES string of the molecule is CCc1cccc(OCCc2nc(C(=O)O)cc(=O)[nH]2)c1. The second kappa shape index (κ2) is 6.69. The van der Waals surface area contributed by atoms with Crippen LogP contribution >= 0.6 is 0 Å². The standard InChI is InChI=1S/C15H16N2O4/c1-2-10-4-3-5-11(8-10)21-7-6-13-16-12(15(19)20)9-14(18)17-13/h3-5,8-9H,2,6-7H2,1H3,(H,19,20)(H,16,17,18). The summed E-state index contributed by atoms with van der Waals surface area (Å²) in [5, 5.41) is 8.85. The van der Waals surface area contributed by atoms with Crippen LogP contribution in [0, 0.1) is 0 Å². The predicted octanol–water partition coefficient (Wildman–Crippen LogP) is 1.65. The summed E-state index contributed by atoms with van der Waals surface area (Å²) < 4.78 is 5.58. The van der Waals surface area contributed by atoms with Crippen molar-refractivity contribution in [2.75, 3.05) is 6.61 Å². The molecule has 110 valence electrons. The summed E-state index contributed by atoms with van der Waals surface area (Å²) in [6.07, 6.45) is 1.25. The van der Waals surface area contributed by atoms with Crippen molar-refractivity contribution < 1.29 is 14.6 Å². The minimum absolute atomic E-state index is 0.262. The van der Waals surface area contributed by atoms with E-state index in [-0.39, 0.29) is 5.69 Å². The highest BCUT2D eigenvalue weighted by Gasteiger charge is 2.08. The molecule has 6 nitrogen and oxygen atoms in total. The molecule has 6 heteroatoms. The molecule has 0 aliphatic heterocycles. The Balaban J connectivity index is 2.00. The van der Waals surface area contributed by atoms with Crippen LogP contribution in [-0.2, 0) is 12.8 Å². The smallest absolute Gasteiger partial charge is 0.354 e. The summed E-state index contributed by atoms with van der Waals surface area (Å²) in [7, 11) is 0. The van der Waals surface area contributed by atoms with Gasteiger partial charge in [-0.25, -0.2) is 9.78 Å². The lowest BCUT2D eigenvalue weighted by atomic mass is 10.2. The monoisotopic (exact) mass is 288 g/mol. The number of H-pyrrole nitrogens is 1. The van der Waals surface area contributed by atoms with Gasteiger partial charge in [-0.2, -0.15) is 0 Å². The van der Waals surface area contributed by atoms with Gasteiger partial charge in [0.05, 0.1) is 6.61 Å². The summed E-state index contributed by atoms with van der Waals surface area (Å²) in [5.41, 5.74) is 0.430. The lowest BCUT2D eigenvalue weighted by Gasteiger charge is -2.07. The molecule has 1 aromatic heterocycles. The molecule has 0 saturated carbocycles. The molecule has 0 aliphatic rings. The van der Waals surface area contributed by atoms with E-state index in [0.717, 1.165) is 18.2 Å². The number of hydrogen-bond acceptors (Lipinski definition) is 4. The van der Waals surface area contributed by atoms with Gasteiger partial charge in [-0.15, -0.1) is 0 Å². The van der Waals surface area contributed by atoms with Gasteiger partial charge in [0.25, 0.3) is 5.56 Å². The minimum Gasteiger partial charge on any atom is -0.493 e. The fourth-order valence-electron chi connectivity index (χ4n) is 1.86. The number of nitrogens with one attached hydrogen (secondary N) is 1. The molecule has 1 aromatic carbocycles. The van der Waals surface area contributed by atoms with Crippen molar-refractivity contribution in [3.63, 3.8) is 0 Å². The van der Waals surface area contributed by atoms with E-state index in [0.29, 0.717) is 18.9 Å². The summed E-state index contributed by atoms with van der Waals surface area (Å²) in [6, 6.07) is 8.69. The Morgan fingerprint density at radius 1 is 1.38 bits per heavy atom. The number of aryl methyl sites for hydroxylation is 1. The fraction of sp³-hybridized carbons (Fsp3) is 0.267. The molecular formula is C15H16N2O4. The van der Waals surface area contributed by atoms with Crippen molar-refractivity contribution in [1.29, 1.82) is 0 Å². The third kappa shape index (κ3) is 4.17. The summed E-state index contributed by atoms with van der Waals surface area (Å²) >= 11 is 0. The molecule has 2 rings (SSSR count). The quantitative estimate of drug-likeness (QED) is 0.843. The molecule has 0 saturated heterocycles. The van der Waals surface area contributed by atoms with Crippen LogP contribution in [0.2, 0.25) is 0 Å². The van der Waals surface area contributed by atoms with E-state index in [1.165, 1.54) is 5.56 Å². The zero-order valence-electron chi connectivity index (χ0n) is 11.6. The van der Waals surface area contributed by atoms with Crippen LogP contribution in [0.1, 0.15) is 28.8 Å². The maximum absolute atomic E-state index is 11.3. The second-order valence-electron chi connectivity index (χ2n) is 4.48. The normalized spacial score (nSPS) is 10.3. The van der Waals surface area contributed by atoms with E-state index in [4.69, 9.17) is 9.84 Å². The number of aromatic carboxylic acids is 1. The van der Waals surface area contributed by atoms with Gasteiger partial charge in [-0.3, -0.25) is 4.79 Å². The van der Waals surface area contributed by atoms with Crippen molar-refractivity contribution in [1.82, 2.24) is 9.97 Å². The Kier molecular flexibility index (Phi) is 4.71. The highest BCUT2D eigenvalue weighted by Crippen LogP contribution is 2.13. The fourth-order valence-corrected chi connectivity index (χ4v) is 1.86. The van der Waals surface area contributed by atoms with Crippen molar-refractivity contribution >= 4 is 5.97 Å². The van der Waals surface area contributed by atoms with Crippen LogP contribution in [0.3, 0.4) is 0 Å². The highest BCUT2D eigenvalue weighted by atomic mass is 16.5. The Morgan fingerprint density at radius 3 is 2.90 bits per heavy atom. The first-order chi connectivity index (χ1) is 10.1. The van der Waals surface area contributed by atoms with E-state index < -0.39 is 11.5 Å². The van der Waals surface area contributed by atoms with Crippen LogP contribution in [-0.4, -0.2) is 27.7 Å². The van der Waals surface area contributed by atoms with Crippen molar-refractivity contribution in [3.8, 4) is 5.75 Å². The van der Waals surface area contributed by atoms with E-state index in [9.17, 15) is 9.59 Å². The molecule has 0 radical (unpaired) electrons. The van der Waals surface area contributed by atoms with Crippen molar-refractivity contribution in [2.24, 2.45) is 0 Å². The molecule has 0 unspecified atom stereocenters. The lowest BCUT2D eigenvalue weighted by molar-refractivity contribution is 0.0689. The van der Waals surface area contributed by atoms with Crippen LogP contribution in [0.15, 0.2) is 35.1 Å².